The molecule has 0 bridgehead atoms. The lowest BCUT2D eigenvalue weighted by molar-refractivity contribution is 1.18. The summed E-state index contributed by atoms with van der Waals surface area (Å²) >= 11 is 0. The third-order valence-electron chi connectivity index (χ3n) is 8.17. The molecule has 0 spiro atoms. The molecule has 0 radical (unpaired) electrons. The summed E-state index contributed by atoms with van der Waals surface area (Å²) in [5.41, 5.74) is 10.1. The molecule has 0 aliphatic heterocycles. The Morgan fingerprint density at radius 3 is 2.05 bits per heavy atom. The largest absolute Gasteiger partial charge is 0.308 e. The minimum Gasteiger partial charge on any atom is -0.308 e. The minimum absolute atomic E-state index is 0.981. The number of hydrogen-bond donors (Lipinski definition) is 0. The van der Waals surface area contributed by atoms with Gasteiger partial charge in [-0.3, -0.25) is 9.38 Å². The fraction of sp³-hybridized carbons (Fsp3) is 0. The van der Waals surface area contributed by atoms with Crippen LogP contribution in [0.3, 0.4) is 0 Å². The maximum atomic E-state index is 5.26. The van der Waals surface area contributed by atoms with E-state index >= 15 is 0 Å². The van der Waals surface area contributed by atoms with E-state index in [9.17, 15) is 0 Å². The van der Waals surface area contributed by atoms with E-state index in [-0.39, 0.29) is 0 Å². The monoisotopic (exact) mass is 510 g/mol. The van der Waals surface area contributed by atoms with Crippen molar-refractivity contribution < 1.29 is 0 Å². The van der Waals surface area contributed by atoms with Crippen molar-refractivity contribution in [3.05, 3.63) is 134 Å². The molecule has 0 aliphatic carbocycles. The van der Waals surface area contributed by atoms with Crippen LogP contribution in [0.15, 0.2) is 134 Å². The van der Waals surface area contributed by atoms with E-state index in [0.29, 0.717) is 0 Å². The molecule has 4 heteroatoms. The highest BCUT2D eigenvalue weighted by atomic mass is 15.0. The first kappa shape index (κ1) is 21.5. The van der Waals surface area contributed by atoms with Crippen molar-refractivity contribution in [3.63, 3.8) is 0 Å². The Morgan fingerprint density at radius 2 is 1.20 bits per heavy atom. The van der Waals surface area contributed by atoms with E-state index in [1.165, 1.54) is 38.1 Å². The van der Waals surface area contributed by atoms with Crippen molar-refractivity contribution in [2.75, 3.05) is 0 Å². The van der Waals surface area contributed by atoms with Crippen LogP contribution in [-0.2, 0) is 0 Å². The van der Waals surface area contributed by atoms with E-state index in [1.54, 1.807) is 0 Å². The van der Waals surface area contributed by atoms with Crippen molar-refractivity contribution in [2.24, 2.45) is 0 Å². The molecule has 4 heterocycles. The normalized spacial score (nSPS) is 12.0. The van der Waals surface area contributed by atoms with Gasteiger partial charge in [0.2, 0.25) is 0 Å². The molecule has 0 unspecified atom stereocenters. The van der Waals surface area contributed by atoms with Crippen molar-refractivity contribution >= 4 is 60.2 Å². The second kappa shape index (κ2) is 8.01. The zero-order valence-electron chi connectivity index (χ0n) is 21.5. The summed E-state index contributed by atoms with van der Waals surface area (Å²) in [7, 11) is 0. The summed E-state index contributed by atoms with van der Waals surface area (Å²) in [6.45, 7) is 0. The minimum atomic E-state index is 0.981. The highest BCUT2D eigenvalue weighted by Crippen LogP contribution is 2.41. The van der Waals surface area contributed by atoms with Gasteiger partial charge in [-0.05, 0) is 65.0 Å². The first-order valence-electron chi connectivity index (χ1n) is 13.5. The number of hydrogen-bond acceptors (Lipinski definition) is 2. The number of pyridine rings is 2. The molecule has 5 aromatic carbocycles. The molecule has 40 heavy (non-hydrogen) atoms. The first-order chi connectivity index (χ1) is 19.9. The van der Waals surface area contributed by atoms with E-state index < -0.39 is 0 Å². The maximum Gasteiger partial charge on any atom is 0.148 e. The predicted molar refractivity (Wildman–Crippen MR) is 165 cm³/mol. The zero-order valence-corrected chi connectivity index (χ0v) is 21.5. The molecular formula is C36H22N4. The predicted octanol–water partition coefficient (Wildman–Crippen LogP) is 8.95. The van der Waals surface area contributed by atoms with Crippen LogP contribution in [0.4, 0.5) is 0 Å². The third kappa shape index (κ3) is 2.85. The molecule has 0 saturated carbocycles. The van der Waals surface area contributed by atoms with Gasteiger partial charge in [0.1, 0.15) is 5.65 Å². The van der Waals surface area contributed by atoms with E-state index in [4.69, 9.17) is 4.98 Å². The number of nitrogens with zero attached hydrogens (tertiary/aromatic N) is 4. The molecule has 9 rings (SSSR count). The van der Waals surface area contributed by atoms with Crippen LogP contribution in [0.2, 0.25) is 0 Å². The number of para-hydroxylation sites is 4. The van der Waals surface area contributed by atoms with Gasteiger partial charge < -0.3 is 4.57 Å². The number of benzene rings is 5. The zero-order chi connectivity index (χ0) is 26.2. The first-order valence-corrected chi connectivity index (χ1v) is 13.5. The van der Waals surface area contributed by atoms with Gasteiger partial charge in [-0.15, -0.1) is 0 Å². The maximum absolute atomic E-state index is 5.26. The molecule has 9 aromatic rings. The summed E-state index contributed by atoms with van der Waals surface area (Å²) in [5.74, 6) is 0. The Labute approximate surface area is 229 Å². The van der Waals surface area contributed by atoms with E-state index in [2.05, 4.69) is 135 Å². The van der Waals surface area contributed by atoms with Crippen molar-refractivity contribution in [2.45, 2.75) is 0 Å². The van der Waals surface area contributed by atoms with Gasteiger partial charge in [0.05, 0.1) is 33.0 Å². The van der Waals surface area contributed by atoms with Crippen molar-refractivity contribution in [3.8, 4) is 16.8 Å². The van der Waals surface area contributed by atoms with E-state index in [1.807, 2.05) is 12.4 Å². The summed E-state index contributed by atoms with van der Waals surface area (Å²) < 4.78 is 4.76. The van der Waals surface area contributed by atoms with Gasteiger partial charge in [-0.25, -0.2) is 4.98 Å². The molecule has 0 N–H and O–H groups in total. The molecule has 0 fully saturated rings. The van der Waals surface area contributed by atoms with Crippen LogP contribution < -0.4 is 0 Å². The molecule has 4 aromatic heterocycles. The Kier molecular flexibility index (Phi) is 4.30. The Morgan fingerprint density at radius 1 is 0.500 bits per heavy atom. The molecule has 186 valence electrons. The number of imidazole rings is 1. The summed E-state index contributed by atoms with van der Waals surface area (Å²) in [4.78, 5) is 9.47. The molecule has 0 saturated heterocycles. The van der Waals surface area contributed by atoms with Crippen molar-refractivity contribution in [1.82, 2.24) is 18.9 Å². The lowest BCUT2D eigenvalue weighted by Crippen LogP contribution is -1.97. The second-order valence-electron chi connectivity index (χ2n) is 10.3. The van der Waals surface area contributed by atoms with Crippen LogP contribution in [0.25, 0.3) is 77.0 Å². The topological polar surface area (TPSA) is 35.1 Å². The molecule has 0 aliphatic rings. The Balaban J connectivity index is 1.53. The van der Waals surface area contributed by atoms with Gasteiger partial charge in [0.15, 0.2) is 0 Å². The Hall–Kier alpha value is -5.48. The molecular weight excluding hydrogens is 488 g/mol. The molecule has 4 nitrogen and oxygen atoms in total. The van der Waals surface area contributed by atoms with Gasteiger partial charge in [-0.1, -0.05) is 72.8 Å². The highest BCUT2D eigenvalue weighted by Gasteiger charge is 2.21. The smallest absolute Gasteiger partial charge is 0.148 e. The lowest BCUT2D eigenvalue weighted by Gasteiger charge is -2.14. The third-order valence-corrected chi connectivity index (χ3v) is 8.17. The van der Waals surface area contributed by atoms with Crippen molar-refractivity contribution in [1.29, 1.82) is 0 Å². The van der Waals surface area contributed by atoms with Crippen LogP contribution in [0.5, 0.6) is 0 Å². The summed E-state index contributed by atoms with van der Waals surface area (Å²) in [6, 6.07) is 43.3. The number of fused-ring (bicyclic) bond motifs is 12. The average molecular weight is 511 g/mol. The van der Waals surface area contributed by atoms with E-state index in [0.717, 1.165) is 38.9 Å². The van der Waals surface area contributed by atoms with Gasteiger partial charge in [-0.2, -0.15) is 0 Å². The molecule has 0 atom stereocenters. The second-order valence-corrected chi connectivity index (χ2v) is 10.3. The van der Waals surface area contributed by atoms with Crippen LogP contribution in [0.1, 0.15) is 0 Å². The SMILES string of the molecule is c1cc(-c2ccncc2)cc(-n2c3ccccc3c3ccc4c5ccccc5n5c6ccccc6nc5c4c32)c1. The fourth-order valence-corrected chi connectivity index (χ4v) is 6.48. The van der Waals surface area contributed by atoms with Gasteiger partial charge in [0, 0.05) is 34.2 Å². The Bertz CT molecular complexity index is 2430. The van der Waals surface area contributed by atoms with Crippen LogP contribution in [0, 0.1) is 0 Å². The quantitative estimate of drug-likeness (QED) is 0.218. The van der Waals surface area contributed by atoms with Crippen LogP contribution >= 0.6 is 0 Å². The van der Waals surface area contributed by atoms with Gasteiger partial charge >= 0.3 is 0 Å². The lowest BCUT2D eigenvalue weighted by atomic mass is 10.0. The standard InChI is InChI=1S/C36H22N4/c1-5-14-32-26(10-1)28-16-17-29-27-11-2-4-13-31(27)39(25-9-7-8-24(22-25)23-18-20-37-21-19-23)35(29)34(28)36-38-30-12-3-6-15-33(30)40(32)36/h1-22H. The number of aromatic nitrogens is 4. The van der Waals surface area contributed by atoms with Gasteiger partial charge in [0.25, 0.3) is 0 Å². The number of rotatable bonds is 2. The molecule has 0 amide bonds. The average Bonchev–Trinajstić information content (AvgIpc) is 3.58. The van der Waals surface area contributed by atoms with Crippen LogP contribution in [-0.4, -0.2) is 18.9 Å². The fourth-order valence-electron chi connectivity index (χ4n) is 6.48. The summed E-state index contributed by atoms with van der Waals surface area (Å²) in [5, 5.41) is 6.05. The highest BCUT2D eigenvalue weighted by molar-refractivity contribution is 6.27. The summed E-state index contributed by atoms with van der Waals surface area (Å²) in [6.07, 6.45) is 3.70.